The first-order chi connectivity index (χ1) is 13.1. The maximum atomic E-state index is 12.7. The third kappa shape index (κ3) is 4.81. The van der Waals surface area contributed by atoms with E-state index < -0.39 is 0 Å². The number of nitrogens with one attached hydrogen (secondary N) is 3. The molecule has 1 aromatic carbocycles. The zero-order valence-corrected chi connectivity index (χ0v) is 15.5. The number of dihydropyridines is 1. The van der Waals surface area contributed by atoms with E-state index in [1.54, 1.807) is 13.2 Å². The zero-order chi connectivity index (χ0) is 19.2. The van der Waals surface area contributed by atoms with E-state index in [1.165, 1.54) is 0 Å². The number of benzene rings is 1. The summed E-state index contributed by atoms with van der Waals surface area (Å²) >= 11 is 0. The van der Waals surface area contributed by atoms with Crippen molar-refractivity contribution in [1.29, 1.82) is 5.41 Å². The maximum absolute atomic E-state index is 12.7. The first-order valence-corrected chi connectivity index (χ1v) is 9.05. The van der Waals surface area contributed by atoms with E-state index in [0.29, 0.717) is 17.8 Å². The minimum atomic E-state index is -0.186. The minimum absolute atomic E-state index is 0.0227. The fourth-order valence-corrected chi connectivity index (χ4v) is 3.16. The second-order valence-corrected chi connectivity index (χ2v) is 6.65. The third-order valence-corrected chi connectivity index (χ3v) is 4.68. The van der Waals surface area contributed by atoms with Gasteiger partial charge in [-0.05, 0) is 50.1 Å². The fraction of sp³-hybridized carbons (Fsp3) is 0.400. The lowest BCUT2D eigenvalue weighted by Gasteiger charge is -2.21. The monoisotopic (exact) mass is 369 g/mol. The number of aliphatic imine (C=N–C) groups is 1. The van der Waals surface area contributed by atoms with Gasteiger partial charge in [-0.25, -0.2) is 5.48 Å². The van der Waals surface area contributed by atoms with Gasteiger partial charge in [-0.3, -0.25) is 20.0 Å². The van der Waals surface area contributed by atoms with Gasteiger partial charge in [-0.15, -0.1) is 0 Å². The van der Waals surface area contributed by atoms with Gasteiger partial charge < -0.3 is 10.1 Å². The van der Waals surface area contributed by atoms with E-state index in [9.17, 15) is 4.79 Å². The van der Waals surface area contributed by atoms with Crippen LogP contribution < -0.4 is 15.5 Å². The Morgan fingerprint density at radius 3 is 3.07 bits per heavy atom. The number of ketones is 1. The number of hydrogen-bond donors (Lipinski definition) is 3. The standard InChI is InChI=1S/C20H25N4O3/c1-13-11-23-18(10-16(13)19(25)17-7-4-8-22-17)20(21)24-27-12-14-5-3-6-15(9-14)26-2/h3,5-6,9-10,13,17,22H,1,4,7-8,11-12H2,2H3,(H2,21,24)/t13?,17-/m0/s1. The average Bonchev–Trinajstić information content (AvgIpc) is 3.22. The molecule has 2 atom stereocenters. The normalized spacial score (nSPS) is 22.0. The summed E-state index contributed by atoms with van der Waals surface area (Å²) in [5.74, 6) is 0.643. The molecule has 0 aliphatic carbocycles. The Balaban J connectivity index is 1.58. The molecule has 7 nitrogen and oxygen atoms in total. The summed E-state index contributed by atoms with van der Waals surface area (Å²) in [6.45, 7) is 5.55. The van der Waals surface area contributed by atoms with Crippen molar-refractivity contribution < 1.29 is 14.4 Å². The molecule has 143 valence electrons. The molecule has 0 aromatic heterocycles. The van der Waals surface area contributed by atoms with Gasteiger partial charge in [0.2, 0.25) is 0 Å². The maximum Gasteiger partial charge on any atom is 0.176 e. The predicted octanol–water partition coefficient (Wildman–Crippen LogP) is 1.85. The van der Waals surface area contributed by atoms with Crippen molar-refractivity contribution in [2.24, 2.45) is 10.9 Å². The van der Waals surface area contributed by atoms with Crippen LogP contribution in [-0.2, 0) is 16.2 Å². The van der Waals surface area contributed by atoms with Crippen molar-refractivity contribution in [2.75, 3.05) is 20.2 Å². The van der Waals surface area contributed by atoms with Gasteiger partial charge in [0.15, 0.2) is 11.6 Å². The molecule has 0 spiro atoms. The Morgan fingerprint density at radius 1 is 1.48 bits per heavy atom. The highest BCUT2D eigenvalue weighted by atomic mass is 16.6. The summed E-state index contributed by atoms with van der Waals surface area (Å²) in [7, 11) is 1.61. The Morgan fingerprint density at radius 2 is 2.33 bits per heavy atom. The van der Waals surface area contributed by atoms with Crippen LogP contribution >= 0.6 is 0 Å². The van der Waals surface area contributed by atoms with Crippen LogP contribution in [0, 0.1) is 18.3 Å². The third-order valence-electron chi connectivity index (χ3n) is 4.68. The second-order valence-electron chi connectivity index (χ2n) is 6.65. The van der Waals surface area contributed by atoms with Gasteiger partial charge in [-0.1, -0.05) is 12.1 Å². The Labute approximate surface area is 159 Å². The smallest absolute Gasteiger partial charge is 0.176 e. The molecule has 2 heterocycles. The lowest BCUT2D eigenvalue weighted by Crippen LogP contribution is -2.37. The van der Waals surface area contributed by atoms with E-state index in [-0.39, 0.29) is 30.2 Å². The van der Waals surface area contributed by atoms with Crippen LogP contribution in [-0.4, -0.2) is 43.6 Å². The molecule has 0 amide bonds. The lowest BCUT2D eigenvalue weighted by molar-refractivity contribution is -0.117. The number of nitrogens with zero attached hydrogens (tertiary/aromatic N) is 1. The number of hydroxylamine groups is 1. The fourth-order valence-electron chi connectivity index (χ4n) is 3.16. The molecule has 1 radical (unpaired) electrons. The number of methoxy groups -OCH3 is 1. The largest absolute Gasteiger partial charge is 0.497 e. The average molecular weight is 369 g/mol. The summed E-state index contributed by atoms with van der Waals surface area (Å²) < 4.78 is 5.18. The van der Waals surface area contributed by atoms with Crippen LogP contribution in [0.3, 0.4) is 0 Å². The number of hydrogen-bond acceptors (Lipinski definition) is 6. The molecule has 1 aromatic rings. The molecule has 1 fully saturated rings. The summed E-state index contributed by atoms with van der Waals surface area (Å²) in [6.07, 6.45) is 3.50. The predicted molar refractivity (Wildman–Crippen MR) is 104 cm³/mol. The first-order valence-electron chi connectivity index (χ1n) is 9.05. The summed E-state index contributed by atoms with van der Waals surface area (Å²) in [5.41, 5.74) is 4.54. The Hall–Kier alpha value is -2.51. The molecule has 0 saturated carbocycles. The number of ether oxygens (including phenoxy) is 1. The molecule has 3 N–H and O–H groups in total. The molecular weight excluding hydrogens is 344 g/mol. The highest BCUT2D eigenvalue weighted by Crippen LogP contribution is 2.21. The molecule has 1 unspecified atom stereocenters. The second kappa shape index (κ2) is 8.92. The van der Waals surface area contributed by atoms with Crippen LogP contribution in [0.5, 0.6) is 5.75 Å². The lowest BCUT2D eigenvalue weighted by atomic mass is 9.89. The van der Waals surface area contributed by atoms with E-state index in [4.69, 9.17) is 15.0 Å². The number of Topliss-reactive ketones (excluding diaryl/α,β-unsaturated/α-hetero) is 1. The topological polar surface area (TPSA) is 95.8 Å². The molecule has 27 heavy (non-hydrogen) atoms. The van der Waals surface area contributed by atoms with Crippen LogP contribution in [0.25, 0.3) is 0 Å². The van der Waals surface area contributed by atoms with Gasteiger partial charge in [0.25, 0.3) is 0 Å². The quantitative estimate of drug-likeness (QED) is 0.387. The van der Waals surface area contributed by atoms with E-state index in [0.717, 1.165) is 30.7 Å². The van der Waals surface area contributed by atoms with E-state index in [1.807, 2.05) is 24.3 Å². The Bertz CT molecular complexity index is 766. The van der Waals surface area contributed by atoms with Crippen molar-refractivity contribution in [1.82, 2.24) is 10.8 Å². The van der Waals surface area contributed by atoms with Gasteiger partial charge >= 0.3 is 0 Å². The number of carbonyl (C=O) groups is 1. The van der Waals surface area contributed by atoms with E-state index in [2.05, 4.69) is 22.7 Å². The van der Waals surface area contributed by atoms with Crippen LogP contribution in [0.4, 0.5) is 0 Å². The highest BCUT2D eigenvalue weighted by Gasteiger charge is 2.29. The highest BCUT2D eigenvalue weighted by molar-refractivity contribution is 6.45. The van der Waals surface area contributed by atoms with Gasteiger partial charge in [-0.2, -0.15) is 0 Å². The van der Waals surface area contributed by atoms with Gasteiger partial charge in [0.1, 0.15) is 11.5 Å². The molecule has 7 heteroatoms. The van der Waals surface area contributed by atoms with Gasteiger partial charge in [0.05, 0.1) is 19.8 Å². The number of carbonyl (C=O) groups excluding carboxylic acids is 1. The zero-order valence-electron chi connectivity index (χ0n) is 15.5. The summed E-state index contributed by atoms with van der Waals surface area (Å²) in [5, 5.41) is 11.4. The van der Waals surface area contributed by atoms with Crippen LogP contribution in [0.2, 0.25) is 0 Å². The van der Waals surface area contributed by atoms with Crippen LogP contribution in [0.15, 0.2) is 40.9 Å². The first kappa shape index (κ1) is 19.3. The van der Waals surface area contributed by atoms with Crippen molar-refractivity contribution in [3.63, 3.8) is 0 Å². The van der Waals surface area contributed by atoms with Crippen molar-refractivity contribution >= 4 is 17.3 Å². The van der Waals surface area contributed by atoms with Crippen LogP contribution in [0.1, 0.15) is 18.4 Å². The molecule has 3 rings (SSSR count). The molecule has 0 bridgehead atoms. The van der Waals surface area contributed by atoms with Crippen molar-refractivity contribution in [2.45, 2.75) is 25.5 Å². The Kier molecular flexibility index (Phi) is 6.36. The molecule has 2 aliphatic rings. The van der Waals surface area contributed by atoms with Crippen molar-refractivity contribution in [3.8, 4) is 5.75 Å². The molecule has 2 aliphatic heterocycles. The SMILES string of the molecule is [CH2]C1CN=C(C(=N)NOCc2cccc(OC)c2)C=C1C(=O)[C@@H]1CCCN1. The minimum Gasteiger partial charge on any atom is -0.497 e. The van der Waals surface area contributed by atoms with Gasteiger partial charge in [0, 0.05) is 18.0 Å². The molecule has 1 saturated heterocycles. The number of rotatable bonds is 7. The summed E-state index contributed by atoms with van der Waals surface area (Å²) in [4.78, 5) is 22.4. The van der Waals surface area contributed by atoms with E-state index >= 15 is 0 Å². The summed E-state index contributed by atoms with van der Waals surface area (Å²) in [6, 6.07) is 7.35. The number of amidine groups is 1. The van der Waals surface area contributed by atoms with Crippen molar-refractivity contribution in [3.05, 3.63) is 48.4 Å². The molecular formula is C20H25N4O3.